The average Bonchev–Trinajstić information content (AvgIpc) is 2.65. The third kappa shape index (κ3) is 2.65. The van der Waals surface area contributed by atoms with E-state index in [0.717, 1.165) is 12.1 Å². The smallest absolute Gasteiger partial charge is 0.224 e. The van der Waals surface area contributed by atoms with Crippen molar-refractivity contribution in [3.63, 3.8) is 0 Å². The number of carbonyl (C=O) groups is 1. The van der Waals surface area contributed by atoms with E-state index in [9.17, 15) is 13.6 Å². The predicted octanol–water partition coefficient (Wildman–Crippen LogP) is 2.12. The van der Waals surface area contributed by atoms with Crippen molar-refractivity contribution in [3.05, 3.63) is 40.2 Å². The molecule has 2 N–H and O–H groups in total. The van der Waals surface area contributed by atoms with Gasteiger partial charge in [-0.05, 0) is 12.1 Å². The summed E-state index contributed by atoms with van der Waals surface area (Å²) in [7, 11) is 0. The number of amides is 1. The maximum atomic E-state index is 13.4. The minimum atomic E-state index is -0.680. The maximum Gasteiger partial charge on any atom is 0.224 e. The van der Waals surface area contributed by atoms with Gasteiger partial charge < -0.3 is 5.73 Å². The zero-order chi connectivity index (χ0) is 12.4. The standard InChI is InChI=1S/C11H8F2N2OS/c12-6-1-2-7(8(13)3-6)9-5-17-11(15-9)4-10(14)16/h1-3,5H,4H2,(H2,14,16). The molecule has 0 bridgehead atoms. The summed E-state index contributed by atoms with van der Waals surface area (Å²) in [5, 5.41) is 2.12. The van der Waals surface area contributed by atoms with Gasteiger partial charge in [0, 0.05) is 17.0 Å². The van der Waals surface area contributed by atoms with E-state index in [2.05, 4.69) is 4.98 Å². The molecule has 1 amide bonds. The van der Waals surface area contributed by atoms with E-state index in [-0.39, 0.29) is 12.0 Å². The molecule has 0 saturated heterocycles. The second kappa shape index (κ2) is 4.58. The Morgan fingerprint density at radius 1 is 1.41 bits per heavy atom. The maximum absolute atomic E-state index is 13.4. The molecule has 17 heavy (non-hydrogen) atoms. The first-order valence-electron chi connectivity index (χ1n) is 4.74. The molecule has 0 unspecified atom stereocenters. The summed E-state index contributed by atoms with van der Waals surface area (Å²) in [6.07, 6.45) is 0.0213. The second-order valence-corrected chi connectivity index (χ2v) is 4.34. The molecule has 88 valence electrons. The van der Waals surface area contributed by atoms with Crippen molar-refractivity contribution in [1.29, 1.82) is 0 Å². The Hall–Kier alpha value is -1.82. The third-order valence-electron chi connectivity index (χ3n) is 2.08. The van der Waals surface area contributed by atoms with Crippen LogP contribution in [0.1, 0.15) is 5.01 Å². The minimum Gasteiger partial charge on any atom is -0.369 e. The fourth-order valence-corrected chi connectivity index (χ4v) is 2.17. The number of halogens is 2. The Kier molecular flexibility index (Phi) is 3.14. The second-order valence-electron chi connectivity index (χ2n) is 3.39. The van der Waals surface area contributed by atoms with Crippen molar-refractivity contribution >= 4 is 17.2 Å². The number of thiazole rings is 1. The van der Waals surface area contributed by atoms with Crippen LogP contribution in [-0.4, -0.2) is 10.9 Å². The summed E-state index contributed by atoms with van der Waals surface area (Å²) in [5.74, 6) is -1.81. The van der Waals surface area contributed by atoms with Crippen LogP contribution in [0.25, 0.3) is 11.3 Å². The Bertz CT molecular complexity index is 568. The molecule has 0 saturated carbocycles. The van der Waals surface area contributed by atoms with Crippen LogP contribution in [0.3, 0.4) is 0 Å². The van der Waals surface area contributed by atoms with Crippen LogP contribution < -0.4 is 5.73 Å². The average molecular weight is 254 g/mol. The summed E-state index contributed by atoms with van der Waals surface area (Å²) in [6, 6.07) is 3.27. The molecule has 2 aromatic rings. The van der Waals surface area contributed by atoms with Crippen molar-refractivity contribution in [2.45, 2.75) is 6.42 Å². The molecule has 0 atom stereocenters. The van der Waals surface area contributed by atoms with E-state index in [4.69, 9.17) is 5.73 Å². The SMILES string of the molecule is NC(=O)Cc1nc(-c2ccc(F)cc2F)cs1. The van der Waals surface area contributed by atoms with Crippen molar-refractivity contribution in [2.75, 3.05) is 0 Å². The summed E-state index contributed by atoms with van der Waals surface area (Å²) in [6.45, 7) is 0. The lowest BCUT2D eigenvalue weighted by Crippen LogP contribution is -2.13. The Morgan fingerprint density at radius 2 is 2.18 bits per heavy atom. The number of nitrogens with zero attached hydrogens (tertiary/aromatic N) is 1. The van der Waals surface area contributed by atoms with Crippen LogP contribution in [0.2, 0.25) is 0 Å². The van der Waals surface area contributed by atoms with Crippen molar-refractivity contribution < 1.29 is 13.6 Å². The summed E-state index contributed by atoms with van der Waals surface area (Å²) in [4.78, 5) is 14.8. The normalized spacial score (nSPS) is 10.5. The van der Waals surface area contributed by atoms with Crippen LogP contribution in [0, 0.1) is 11.6 Å². The van der Waals surface area contributed by atoms with Gasteiger partial charge in [0.05, 0.1) is 12.1 Å². The number of primary amides is 1. The Labute approximate surface area is 99.9 Å². The first kappa shape index (κ1) is 11.7. The molecule has 1 aromatic carbocycles. The lowest BCUT2D eigenvalue weighted by Gasteiger charge is -1.98. The van der Waals surface area contributed by atoms with E-state index in [1.54, 1.807) is 5.38 Å². The lowest BCUT2D eigenvalue weighted by atomic mass is 10.1. The molecule has 1 heterocycles. The number of hydrogen-bond donors (Lipinski definition) is 1. The molecule has 0 radical (unpaired) electrons. The van der Waals surface area contributed by atoms with Crippen molar-refractivity contribution in [2.24, 2.45) is 5.73 Å². The first-order valence-corrected chi connectivity index (χ1v) is 5.62. The van der Waals surface area contributed by atoms with E-state index >= 15 is 0 Å². The number of nitrogens with two attached hydrogens (primary N) is 1. The zero-order valence-corrected chi connectivity index (χ0v) is 9.43. The lowest BCUT2D eigenvalue weighted by molar-refractivity contribution is -0.117. The zero-order valence-electron chi connectivity index (χ0n) is 8.61. The number of carbonyl (C=O) groups excluding carboxylic acids is 1. The summed E-state index contributed by atoms with van der Waals surface area (Å²) < 4.78 is 26.2. The number of aromatic nitrogens is 1. The van der Waals surface area contributed by atoms with Crippen LogP contribution in [-0.2, 0) is 11.2 Å². The molecular weight excluding hydrogens is 246 g/mol. The van der Waals surface area contributed by atoms with E-state index in [0.29, 0.717) is 10.7 Å². The van der Waals surface area contributed by atoms with Gasteiger partial charge in [0.2, 0.25) is 5.91 Å². The van der Waals surface area contributed by atoms with Crippen molar-refractivity contribution in [1.82, 2.24) is 4.98 Å². The highest BCUT2D eigenvalue weighted by molar-refractivity contribution is 7.10. The van der Waals surface area contributed by atoms with Gasteiger partial charge in [0.1, 0.15) is 16.6 Å². The summed E-state index contributed by atoms with van der Waals surface area (Å²) in [5.41, 5.74) is 5.61. The van der Waals surface area contributed by atoms with E-state index in [1.165, 1.54) is 17.4 Å². The highest BCUT2D eigenvalue weighted by Crippen LogP contribution is 2.25. The minimum absolute atomic E-state index is 0.0213. The van der Waals surface area contributed by atoms with Crippen LogP contribution in [0.15, 0.2) is 23.6 Å². The van der Waals surface area contributed by atoms with E-state index in [1.807, 2.05) is 0 Å². The largest absolute Gasteiger partial charge is 0.369 e. The molecule has 2 rings (SSSR count). The Balaban J connectivity index is 2.33. The predicted molar refractivity (Wildman–Crippen MR) is 60.4 cm³/mol. The molecular formula is C11H8F2N2OS. The van der Waals surface area contributed by atoms with Gasteiger partial charge in [-0.25, -0.2) is 13.8 Å². The first-order chi connectivity index (χ1) is 8.06. The van der Waals surface area contributed by atoms with Crippen LogP contribution >= 0.6 is 11.3 Å². The van der Waals surface area contributed by atoms with Crippen LogP contribution in [0.4, 0.5) is 8.78 Å². The van der Waals surface area contributed by atoms with Gasteiger partial charge in [0.15, 0.2) is 0 Å². The summed E-state index contributed by atoms with van der Waals surface area (Å²) >= 11 is 1.21. The number of hydrogen-bond acceptors (Lipinski definition) is 3. The number of rotatable bonds is 3. The molecule has 0 aliphatic carbocycles. The molecule has 0 fully saturated rings. The fraction of sp³-hybridized carbons (Fsp3) is 0.0909. The monoisotopic (exact) mass is 254 g/mol. The fourth-order valence-electron chi connectivity index (χ4n) is 1.36. The quantitative estimate of drug-likeness (QED) is 0.912. The van der Waals surface area contributed by atoms with Crippen molar-refractivity contribution in [3.8, 4) is 11.3 Å². The number of benzene rings is 1. The highest BCUT2D eigenvalue weighted by atomic mass is 32.1. The van der Waals surface area contributed by atoms with Gasteiger partial charge in [-0.3, -0.25) is 4.79 Å². The third-order valence-corrected chi connectivity index (χ3v) is 2.93. The molecule has 6 heteroatoms. The Morgan fingerprint density at radius 3 is 2.82 bits per heavy atom. The van der Waals surface area contributed by atoms with Gasteiger partial charge in [-0.15, -0.1) is 11.3 Å². The van der Waals surface area contributed by atoms with Gasteiger partial charge in [-0.2, -0.15) is 0 Å². The molecule has 3 nitrogen and oxygen atoms in total. The van der Waals surface area contributed by atoms with Crippen LogP contribution in [0.5, 0.6) is 0 Å². The van der Waals surface area contributed by atoms with Gasteiger partial charge in [-0.1, -0.05) is 0 Å². The topological polar surface area (TPSA) is 56.0 Å². The van der Waals surface area contributed by atoms with Gasteiger partial charge >= 0.3 is 0 Å². The molecule has 1 aromatic heterocycles. The van der Waals surface area contributed by atoms with Gasteiger partial charge in [0.25, 0.3) is 0 Å². The molecule has 0 aliphatic heterocycles. The molecule has 0 spiro atoms. The molecule has 0 aliphatic rings. The highest BCUT2D eigenvalue weighted by Gasteiger charge is 2.11. The van der Waals surface area contributed by atoms with E-state index < -0.39 is 17.5 Å².